The van der Waals surface area contributed by atoms with E-state index < -0.39 is 0 Å². The Morgan fingerprint density at radius 2 is 2.00 bits per heavy atom. The molecule has 3 unspecified atom stereocenters. The van der Waals surface area contributed by atoms with Crippen LogP contribution in [0.4, 0.5) is 0 Å². The summed E-state index contributed by atoms with van der Waals surface area (Å²) >= 11 is 0. The van der Waals surface area contributed by atoms with E-state index in [4.69, 9.17) is 5.73 Å². The molecule has 0 radical (unpaired) electrons. The molecule has 0 aromatic heterocycles. The van der Waals surface area contributed by atoms with Gasteiger partial charge in [0.15, 0.2) is 0 Å². The predicted octanol–water partition coefficient (Wildman–Crippen LogP) is 2.54. The first-order valence-corrected chi connectivity index (χ1v) is 7.48. The quantitative estimate of drug-likeness (QED) is 0.779. The molecule has 0 aromatic rings. The molecule has 1 aliphatic heterocycles. The molecule has 1 saturated heterocycles. The molecule has 2 aliphatic rings. The van der Waals surface area contributed by atoms with Crippen molar-refractivity contribution in [1.29, 1.82) is 0 Å². The molecule has 2 fully saturated rings. The van der Waals surface area contributed by atoms with Crippen LogP contribution in [0.15, 0.2) is 0 Å². The zero-order valence-electron chi connectivity index (χ0n) is 12.1. The van der Waals surface area contributed by atoms with Gasteiger partial charge >= 0.3 is 0 Å². The minimum absolute atomic E-state index is 0.175. The summed E-state index contributed by atoms with van der Waals surface area (Å²) in [7, 11) is 0. The number of carbonyl (C=O) groups excluding carboxylic acids is 1. The van der Waals surface area contributed by atoms with Crippen LogP contribution in [0, 0.1) is 11.3 Å². The van der Waals surface area contributed by atoms with E-state index >= 15 is 0 Å². The molecule has 1 aliphatic carbocycles. The predicted molar refractivity (Wildman–Crippen MR) is 74.1 cm³/mol. The van der Waals surface area contributed by atoms with E-state index in [-0.39, 0.29) is 17.4 Å². The Hall–Kier alpha value is -0.570. The molecule has 104 valence electrons. The molecule has 0 spiro atoms. The number of hydrogen-bond donors (Lipinski definition) is 1. The summed E-state index contributed by atoms with van der Waals surface area (Å²) in [6.07, 6.45) is 6.66. The number of carbonyl (C=O) groups is 1. The SMILES string of the molecule is CC1CC(N)CCN1C(=O)C1CCCCC1(C)C. The van der Waals surface area contributed by atoms with Gasteiger partial charge in [-0.2, -0.15) is 0 Å². The highest BCUT2D eigenvalue weighted by Crippen LogP contribution is 2.42. The van der Waals surface area contributed by atoms with E-state index in [0.717, 1.165) is 25.8 Å². The van der Waals surface area contributed by atoms with Gasteiger partial charge in [-0.25, -0.2) is 0 Å². The van der Waals surface area contributed by atoms with Crippen molar-refractivity contribution >= 4 is 5.91 Å². The third-order valence-corrected chi connectivity index (χ3v) is 5.01. The molecule has 0 aromatic carbocycles. The number of hydrogen-bond acceptors (Lipinski definition) is 2. The van der Waals surface area contributed by atoms with Gasteiger partial charge in [-0.15, -0.1) is 0 Å². The van der Waals surface area contributed by atoms with Crippen molar-refractivity contribution in [3.63, 3.8) is 0 Å². The van der Waals surface area contributed by atoms with Crippen LogP contribution >= 0.6 is 0 Å². The van der Waals surface area contributed by atoms with E-state index in [1.54, 1.807) is 0 Å². The van der Waals surface area contributed by atoms with E-state index in [0.29, 0.717) is 11.9 Å². The zero-order valence-corrected chi connectivity index (χ0v) is 12.1. The molecule has 3 heteroatoms. The highest BCUT2D eigenvalue weighted by Gasteiger charge is 2.41. The minimum atomic E-state index is 0.175. The zero-order chi connectivity index (χ0) is 13.3. The van der Waals surface area contributed by atoms with Crippen LogP contribution in [0.1, 0.15) is 59.3 Å². The number of rotatable bonds is 1. The molecule has 0 bridgehead atoms. The third kappa shape index (κ3) is 2.71. The second-order valence-corrected chi connectivity index (χ2v) is 6.95. The number of piperidine rings is 1. The first-order chi connectivity index (χ1) is 8.42. The van der Waals surface area contributed by atoms with Gasteiger partial charge in [-0.1, -0.05) is 26.7 Å². The highest BCUT2D eigenvalue weighted by atomic mass is 16.2. The van der Waals surface area contributed by atoms with Crippen LogP contribution in [0.25, 0.3) is 0 Å². The summed E-state index contributed by atoms with van der Waals surface area (Å²) in [5.41, 5.74) is 6.16. The lowest BCUT2D eigenvalue weighted by Crippen LogP contribution is -2.52. The lowest BCUT2D eigenvalue weighted by Gasteiger charge is -2.44. The minimum Gasteiger partial charge on any atom is -0.340 e. The fourth-order valence-corrected chi connectivity index (χ4v) is 3.69. The van der Waals surface area contributed by atoms with Crippen LogP contribution < -0.4 is 5.73 Å². The lowest BCUT2D eigenvalue weighted by atomic mass is 9.68. The maximum atomic E-state index is 12.8. The fourth-order valence-electron chi connectivity index (χ4n) is 3.69. The van der Waals surface area contributed by atoms with Gasteiger partial charge in [0.25, 0.3) is 0 Å². The van der Waals surface area contributed by atoms with Gasteiger partial charge in [-0.3, -0.25) is 4.79 Å². The lowest BCUT2D eigenvalue weighted by molar-refractivity contribution is -0.144. The molecule has 3 atom stereocenters. The van der Waals surface area contributed by atoms with Crippen molar-refractivity contribution in [3.8, 4) is 0 Å². The molecule has 1 amide bonds. The van der Waals surface area contributed by atoms with Crippen molar-refractivity contribution in [3.05, 3.63) is 0 Å². The molecular formula is C15H28N2O. The van der Waals surface area contributed by atoms with Crippen molar-refractivity contribution in [2.75, 3.05) is 6.54 Å². The monoisotopic (exact) mass is 252 g/mol. The Kier molecular flexibility index (Phi) is 4.00. The van der Waals surface area contributed by atoms with Gasteiger partial charge in [0.05, 0.1) is 0 Å². The fraction of sp³-hybridized carbons (Fsp3) is 0.933. The molecule has 1 heterocycles. The molecule has 2 N–H and O–H groups in total. The van der Waals surface area contributed by atoms with Crippen LogP contribution in [-0.4, -0.2) is 29.4 Å². The molecule has 2 rings (SSSR count). The van der Waals surface area contributed by atoms with Crippen LogP contribution in [0.5, 0.6) is 0 Å². The second-order valence-electron chi connectivity index (χ2n) is 6.95. The Bertz CT molecular complexity index is 314. The Morgan fingerprint density at radius 3 is 2.61 bits per heavy atom. The van der Waals surface area contributed by atoms with Crippen LogP contribution in [-0.2, 0) is 4.79 Å². The van der Waals surface area contributed by atoms with E-state index in [2.05, 4.69) is 25.7 Å². The van der Waals surface area contributed by atoms with Crippen LogP contribution in [0.2, 0.25) is 0 Å². The normalized spacial score (nSPS) is 36.4. The van der Waals surface area contributed by atoms with E-state index in [1.807, 2.05) is 0 Å². The maximum absolute atomic E-state index is 12.8. The molecule has 3 nitrogen and oxygen atoms in total. The number of nitrogens with two attached hydrogens (primary N) is 1. The van der Waals surface area contributed by atoms with Gasteiger partial charge in [0.1, 0.15) is 0 Å². The summed E-state index contributed by atoms with van der Waals surface area (Å²) in [5.74, 6) is 0.613. The molecular weight excluding hydrogens is 224 g/mol. The number of amides is 1. The summed E-state index contributed by atoms with van der Waals surface area (Å²) in [4.78, 5) is 14.9. The number of likely N-dealkylation sites (tertiary alicyclic amines) is 1. The highest BCUT2D eigenvalue weighted by molar-refractivity contribution is 5.80. The van der Waals surface area contributed by atoms with E-state index in [1.165, 1.54) is 19.3 Å². The van der Waals surface area contributed by atoms with E-state index in [9.17, 15) is 4.79 Å². The third-order valence-electron chi connectivity index (χ3n) is 5.01. The smallest absolute Gasteiger partial charge is 0.226 e. The molecule has 1 saturated carbocycles. The first kappa shape index (κ1) is 13.9. The Morgan fingerprint density at radius 1 is 1.28 bits per heavy atom. The summed E-state index contributed by atoms with van der Waals surface area (Å²) < 4.78 is 0. The number of nitrogens with zero attached hydrogens (tertiary/aromatic N) is 1. The Labute approximate surface area is 111 Å². The van der Waals surface area contributed by atoms with Crippen molar-refractivity contribution in [2.24, 2.45) is 17.1 Å². The van der Waals surface area contributed by atoms with Gasteiger partial charge in [-0.05, 0) is 38.0 Å². The largest absolute Gasteiger partial charge is 0.340 e. The average Bonchev–Trinajstić information content (AvgIpc) is 2.27. The van der Waals surface area contributed by atoms with Crippen molar-refractivity contribution < 1.29 is 4.79 Å². The standard InChI is InChI=1S/C15H28N2O/c1-11-10-12(16)7-9-17(11)14(18)13-6-4-5-8-15(13,2)3/h11-13H,4-10,16H2,1-3H3. The first-order valence-electron chi connectivity index (χ1n) is 7.48. The van der Waals surface area contributed by atoms with Gasteiger partial charge in [0.2, 0.25) is 5.91 Å². The molecule has 18 heavy (non-hydrogen) atoms. The summed E-state index contributed by atoms with van der Waals surface area (Å²) in [6, 6.07) is 0.599. The van der Waals surface area contributed by atoms with Crippen LogP contribution in [0.3, 0.4) is 0 Å². The van der Waals surface area contributed by atoms with Gasteiger partial charge < -0.3 is 10.6 Å². The summed E-state index contributed by atoms with van der Waals surface area (Å²) in [5, 5.41) is 0. The average molecular weight is 252 g/mol. The summed E-state index contributed by atoms with van der Waals surface area (Å²) in [6.45, 7) is 7.52. The van der Waals surface area contributed by atoms with Crippen molar-refractivity contribution in [1.82, 2.24) is 4.90 Å². The van der Waals surface area contributed by atoms with Crippen molar-refractivity contribution in [2.45, 2.75) is 71.4 Å². The topological polar surface area (TPSA) is 46.3 Å². The Balaban J connectivity index is 2.06. The van der Waals surface area contributed by atoms with Gasteiger partial charge in [0, 0.05) is 24.5 Å². The second kappa shape index (κ2) is 5.20. The maximum Gasteiger partial charge on any atom is 0.226 e.